The standard InChI is InChI=1S/C7H18N2O4S2/c1-7(8-2)6-9-15(12,13)5-4-14(3,10)11/h7-9H,4-6H2,1-3H3. The first-order valence-corrected chi connectivity index (χ1v) is 8.20. The van der Waals surface area contributed by atoms with Gasteiger partial charge in [-0.3, -0.25) is 0 Å². The molecule has 0 aromatic rings. The minimum atomic E-state index is -3.49. The zero-order valence-corrected chi connectivity index (χ0v) is 10.8. The Morgan fingerprint density at radius 1 is 1.13 bits per heavy atom. The van der Waals surface area contributed by atoms with E-state index < -0.39 is 19.9 Å². The molecule has 0 aliphatic carbocycles. The normalized spacial score (nSPS) is 15.1. The molecule has 0 bridgehead atoms. The molecule has 0 aliphatic rings. The molecule has 0 aromatic carbocycles. The Kier molecular flexibility index (Phi) is 5.71. The predicted octanol–water partition coefficient (Wildman–Crippen LogP) is -1.44. The fourth-order valence-corrected chi connectivity index (χ4v) is 3.42. The van der Waals surface area contributed by atoms with Gasteiger partial charge in [0.2, 0.25) is 10.0 Å². The van der Waals surface area contributed by atoms with Gasteiger partial charge in [0.15, 0.2) is 0 Å². The second-order valence-electron chi connectivity index (χ2n) is 3.49. The van der Waals surface area contributed by atoms with E-state index in [2.05, 4.69) is 10.0 Å². The van der Waals surface area contributed by atoms with E-state index in [0.29, 0.717) is 0 Å². The van der Waals surface area contributed by atoms with Crippen molar-refractivity contribution in [2.45, 2.75) is 13.0 Å². The molecule has 6 nitrogen and oxygen atoms in total. The number of likely N-dealkylation sites (N-methyl/N-ethyl adjacent to an activating group) is 1. The number of hydrogen-bond acceptors (Lipinski definition) is 5. The highest BCUT2D eigenvalue weighted by atomic mass is 32.2. The van der Waals surface area contributed by atoms with Gasteiger partial charge >= 0.3 is 0 Å². The molecule has 0 saturated carbocycles. The van der Waals surface area contributed by atoms with Crippen LogP contribution in [0.4, 0.5) is 0 Å². The maximum absolute atomic E-state index is 11.3. The average molecular weight is 258 g/mol. The van der Waals surface area contributed by atoms with Crippen LogP contribution in [0, 0.1) is 0 Å². The largest absolute Gasteiger partial charge is 0.316 e. The third kappa shape index (κ3) is 8.79. The highest BCUT2D eigenvalue weighted by molar-refractivity contribution is 7.93. The zero-order chi connectivity index (χ0) is 12.1. The van der Waals surface area contributed by atoms with Gasteiger partial charge in [-0.05, 0) is 14.0 Å². The van der Waals surface area contributed by atoms with E-state index in [0.717, 1.165) is 6.26 Å². The van der Waals surface area contributed by atoms with Crippen LogP contribution in [0.15, 0.2) is 0 Å². The van der Waals surface area contributed by atoms with E-state index in [4.69, 9.17) is 0 Å². The third-order valence-electron chi connectivity index (χ3n) is 1.83. The van der Waals surface area contributed by atoms with Crippen molar-refractivity contribution in [3.63, 3.8) is 0 Å². The van der Waals surface area contributed by atoms with Crippen molar-refractivity contribution in [1.29, 1.82) is 0 Å². The molecular weight excluding hydrogens is 240 g/mol. The van der Waals surface area contributed by atoms with E-state index >= 15 is 0 Å². The van der Waals surface area contributed by atoms with Gasteiger partial charge in [0, 0.05) is 18.8 Å². The summed E-state index contributed by atoms with van der Waals surface area (Å²) >= 11 is 0. The predicted molar refractivity (Wildman–Crippen MR) is 60.0 cm³/mol. The van der Waals surface area contributed by atoms with Crippen molar-refractivity contribution in [1.82, 2.24) is 10.0 Å². The molecule has 0 radical (unpaired) electrons. The monoisotopic (exact) mass is 258 g/mol. The number of rotatable bonds is 7. The first-order valence-electron chi connectivity index (χ1n) is 4.48. The summed E-state index contributed by atoms with van der Waals surface area (Å²) in [6.07, 6.45) is 1.01. The lowest BCUT2D eigenvalue weighted by Crippen LogP contribution is -2.39. The summed E-state index contributed by atoms with van der Waals surface area (Å²) in [6, 6.07) is 0.0120. The van der Waals surface area contributed by atoms with Gasteiger partial charge in [-0.15, -0.1) is 0 Å². The van der Waals surface area contributed by atoms with Crippen LogP contribution in [0.2, 0.25) is 0 Å². The van der Waals surface area contributed by atoms with Crippen molar-refractivity contribution >= 4 is 19.9 Å². The van der Waals surface area contributed by atoms with Crippen LogP contribution < -0.4 is 10.0 Å². The molecule has 1 atom stereocenters. The Labute approximate surface area is 91.4 Å². The number of sulfone groups is 1. The van der Waals surface area contributed by atoms with Gasteiger partial charge in [0.05, 0.1) is 11.5 Å². The lowest BCUT2D eigenvalue weighted by atomic mass is 10.4. The summed E-state index contributed by atoms with van der Waals surface area (Å²) in [5.74, 6) is -0.738. The van der Waals surface area contributed by atoms with Crippen molar-refractivity contribution in [2.24, 2.45) is 0 Å². The average Bonchev–Trinajstić information content (AvgIpc) is 2.10. The fourth-order valence-electron chi connectivity index (χ4n) is 0.687. The molecule has 0 fully saturated rings. The minimum Gasteiger partial charge on any atom is -0.316 e. The van der Waals surface area contributed by atoms with Crippen LogP contribution >= 0.6 is 0 Å². The molecule has 0 heterocycles. The maximum Gasteiger partial charge on any atom is 0.212 e. The summed E-state index contributed by atoms with van der Waals surface area (Å²) in [5.41, 5.74) is 0. The van der Waals surface area contributed by atoms with Crippen molar-refractivity contribution < 1.29 is 16.8 Å². The van der Waals surface area contributed by atoms with Crippen LogP contribution in [0.25, 0.3) is 0 Å². The van der Waals surface area contributed by atoms with Gasteiger partial charge < -0.3 is 5.32 Å². The lowest BCUT2D eigenvalue weighted by Gasteiger charge is -2.11. The SMILES string of the molecule is CNC(C)CNS(=O)(=O)CCS(C)(=O)=O. The summed E-state index contributed by atoms with van der Waals surface area (Å²) in [6.45, 7) is 2.07. The Hall–Kier alpha value is -0.180. The molecule has 15 heavy (non-hydrogen) atoms. The number of sulfonamides is 1. The molecule has 0 aromatic heterocycles. The van der Waals surface area contributed by atoms with Crippen LogP contribution in [-0.4, -0.2) is 54.2 Å². The third-order valence-corrected chi connectivity index (χ3v) is 4.38. The van der Waals surface area contributed by atoms with Crippen molar-refractivity contribution in [3.8, 4) is 0 Å². The van der Waals surface area contributed by atoms with E-state index in [-0.39, 0.29) is 24.1 Å². The van der Waals surface area contributed by atoms with Crippen LogP contribution in [0.5, 0.6) is 0 Å². The summed E-state index contributed by atoms with van der Waals surface area (Å²) in [7, 11) is -5.01. The molecule has 0 aliphatic heterocycles. The highest BCUT2D eigenvalue weighted by Gasteiger charge is 2.14. The van der Waals surface area contributed by atoms with E-state index in [1.165, 1.54) is 0 Å². The molecule has 2 N–H and O–H groups in total. The van der Waals surface area contributed by atoms with E-state index in [1.807, 2.05) is 6.92 Å². The fraction of sp³-hybridized carbons (Fsp3) is 1.00. The number of hydrogen-bond donors (Lipinski definition) is 2. The van der Waals surface area contributed by atoms with E-state index in [9.17, 15) is 16.8 Å². The quantitative estimate of drug-likeness (QED) is 0.583. The van der Waals surface area contributed by atoms with Crippen LogP contribution in [0.3, 0.4) is 0 Å². The van der Waals surface area contributed by atoms with Gasteiger partial charge in [-0.1, -0.05) is 0 Å². The van der Waals surface area contributed by atoms with Crippen molar-refractivity contribution in [3.05, 3.63) is 0 Å². The Balaban J connectivity index is 4.10. The van der Waals surface area contributed by atoms with Gasteiger partial charge in [-0.2, -0.15) is 0 Å². The molecule has 0 saturated heterocycles. The van der Waals surface area contributed by atoms with Crippen LogP contribution in [-0.2, 0) is 19.9 Å². The highest BCUT2D eigenvalue weighted by Crippen LogP contribution is 1.90. The first-order chi connectivity index (χ1) is 6.66. The van der Waals surface area contributed by atoms with Gasteiger partial charge in [0.25, 0.3) is 0 Å². The first kappa shape index (κ1) is 14.8. The molecule has 0 rings (SSSR count). The summed E-state index contributed by atoms with van der Waals surface area (Å²) in [5, 5.41) is 2.86. The minimum absolute atomic E-state index is 0.0120. The zero-order valence-electron chi connectivity index (χ0n) is 9.15. The maximum atomic E-state index is 11.3. The molecular formula is C7H18N2O4S2. The summed E-state index contributed by atoms with van der Waals surface area (Å²) in [4.78, 5) is 0. The van der Waals surface area contributed by atoms with Gasteiger partial charge in [-0.25, -0.2) is 21.6 Å². The van der Waals surface area contributed by atoms with Crippen LogP contribution in [0.1, 0.15) is 6.92 Å². The Morgan fingerprint density at radius 2 is 1.67 bits per heavy atom. The lowest BCUT2D eigenvalue weighted by molar-refractivity contribution is 0.554. The second-order valence-corrected chi connectivity index (χ2v) is 7.67. The molecule has 0 spiro atoms. The smallest absolute Gasteiger partial charge is 0.212 e. The number of nitrogens with one attached hydrogen (secondary N) is 2. The Morgan fingerprint density at radius 3 is 2.07 bits per heavy atom. The molecule has 8 heteroatoms. The molecule has 0 amide bonds. The summed E-state index contributed by atoms with van der Waals surface area (Å²) < 4.78 is 46.5. The van der Waals surface area contributed by atoms with E-state index in [1.54, 1.807) is 7.05 Å². The topological polar surface area (TPSA) is 92.3 Å². The van der Waals surface area contributed by atoms with Gasteiger partial charge in [0.1, 0.15) is 9.84 Å². The molecule has 1 unspecified atom stereocenters. The molecule has 92 valence electrons. The Bertz CT molecular complexity index is 374. The second kappa shape index (κ2) is 5.78. The van der Waals surface area contributed by atoms with Crippen molar-refractivity contribution in [2.75, 3.05) is 31.4 Å².